The molecule has 0 saturated carbocycles. The molecular weight excluding hydrogens is 390 g/mol. The molecule has 0 aliphatic carbocycles. The van der Waals surface area contributed by atoms with Crippen molar-refractivity contribution in [1.82, 2.24) is 14.8 Å². The fraction of sp³-hybridized carbons (Fsp3) is 0.143. The van der Waals surface area contributed by atoms with E-state index in [4.69, 9.17) is 11.6 Å². The molecule has 7 nitrogen and oxygen atoms in total. The maximum absolute atomic E-state index is 12.1. The Morgan fingerprint density at radius 3 is 2.34 bits per heavy atom. The monoisotopic (exact) mass is 405 g/mol. The standard InChI is InChI=1S/C21H16ClN5O2/c22-15-8-6-13(7-9-15)16-12-17(14-4-2-1-3-5-14)27-20(23-16)24-21(25-27)26-18(28)10-11-19(26)29/h1-9,12,17H,10-11H2,(H,23,24,25)/t17-/m1/s1. The molecule has 1 N–H and O–H groups in total. The smallest absolute Gasteiger partial charge is 0.260 e. The maximum atomic E-state index is 12.1. The lowest BCUT2D eigenvalue weighted by molar-refractivity contribution is -0.121. The highest BCUT2D eigenvalue weighted by Gasteiger charge is 2.35. The number of nitrogens with zero attached hydrogens (tertiary/aromatic N) is 4. The van der Waals surface area contributed by atoms with Crippen molar-refractivity contribution in [2.24, 2.45) is 0 Å². The molecule has 1 aromatic heterocycles. The van der Waals surface area contributed by atoms with Crippen molar-refractivity contribution >= 4 is 41.0 Å². The minimum Gasteiger partial charge on any atom is -0.324 e. The Morgan fingerprint density at radius 2 is 1.66 bits per heavy atom. The summed E-state index contributed by atoms with van der Waals surface area (Å²) in [4.78, 5) is 29.8. The Balaban J connectivity index is 1.61. The molecule has 2 amide bonds. The van der Waals surface area contributed by atoms with Gasteiger partial charge in [-0.1, -0.05) is 54.1 Å². The summed E-state index contributed by atoms with van der Waals surface area (Å²) in [6.45, 7) is 0. The number of carbonyl (C=O) groups is 2. The van der Waals surface area contributed by atoms with Crippen LogP contribution >= 0.6 is 11.6 Å². The summed E-state index contributed by atoms with van der Waals surface area (Å²) in [5.41, 5.74) is 2.80. The summed E-state index contributed by atoms with van der Waals surface area (Å²) in [5, 5.41) is 8.41. The molecule has 2 aliphatic rings. The van der Waals surface area contributed by atoms with Crippen molar-refractivity contribution in [2.45, 2.75) is 18.9 Å². The van der Waals surface area contributed by atoms with Gasteiger partial charge in [-0.2, -0.15) is 4.98 Å². The average molecular weight is 406 g/mol. The van der Waals surface area contributed by atoms with Gasteiger partial charge in [-0.15, -0.1) is 5.10 Å². The van der Waals surface area contributed by atoms with Crippen molar-refractivity contribution in [3.8, 4) is 0 Å². The summed E-state index contributed by atoms with van der Waals surface area (Å²) in [5.74, 6) is 0.0145. The molecule has 1 saturated heterocycles. The predicted octanol–water partition coefficient (Wildman–Crippen LogP) is 3.64. The second-order valence-corrected chi connectivity index (χ2v) is 7.31. The molecule has 0 spiro atoms. The number of amides is 2. The Morgan fingerprint density at radius 1 is 0.966 bits per heavy atom. The summed E-state index contributed by atoms with van der Waals surface area (Å²) < 4.78 is 1.70. The molecule has 0 radical (unpaired) electrons. The summed E-state index contributed by atoms with van der Waals surface area (Å²) in [7, 11) is 0. The number of allylic oxidation sites excluding steroid dienone is 1. The van der Waals surface area contributed by atoms with Crippen molar-refractivity contribution < 1.29 is 9.59 Å². The SMILES string of the molecule is O=C1CCC(=O)N1c1nc2n(n1)[C@@H](c1ccccc1)C=C(c1ccc(Cl)cc1)N2. The zero-order valence-electron chi connectivity index (χ0n) is 15.2. The van der Waals surface area contributed by atoms with Gasteiger partial charge in [0.25, 0.3) is 5.95 Å². The van der Waals surface area contributed by atoms with Crippen molar-refractivity contribution in [1.29, 1.82) is 0 Å². The molecule has 5 rings (SSSR count). The fourth-order valence-electron chi connectivity index (χ4n) is 3.56. The Kier molecular flexibility index (Phi) is 4.17. The molecule has 29 heavy (non-hydrogen) atoms. The third kappa shape index (κ3) is 3.09. The number of nitrogens with one attached hydrogen (secondary N) is 1. The summed E-state index contributed by atoms with van der Waals surface area (Å²) >= 11 is 6.02. The molecule has 8 heteroatoms. The van der Waals surface area contributed by atoms with E-state index in [1.54, 1.807) is 4.68 Å². The van der Waals surface area contributed by atoms with E-state index >= 15 is 0 Å². The third-order valence-electron chi connectivity index (χ3n) is 5.00. The van der Waals surface area contributed by atoms with Gasteiger partial charge in [0.15, 0.2) is 0 Å². The predicted molar refractivity (Wildman–Crippen MR) is 109 cm³/mol. The van der Waals surface area contributed by atoms with Crippen LogP contribution < -0.4 is 10.2 Å². The molecule has 3 heterocycles. The van der Waals surface area contributed by atoms with Crippen molar-refractivity contribution in [3.05, 3.63) is 76.8 Å². The molecule has 1 atom stereocenters. The van der Waals surface area contributed by atoms with Gasteiger partial charge >= 0.3 is 0 Å². The van der Waals surface area contributed by atoms with Gasteiger partial charge in [0.05, 0.1) is 0 Å². The first-order valence-corrected chi connectivity index (χ1v) is 9.60. The van der Waals surface area contributed by atoms with Gasteiger partial charge in [0, 0.05) is 23.6 Å². The highest BCUT2D eigenvalue weighted by molar-refractivity contribution is 6.30. The zero-order chi connectivity index (χ0) is 20.0. The topological polar surface area (TPSA) is 80.1 Å². The van der Waals surface area contributed by atoms with Crippen LogP contribution in [-0.4, -0.2) is 26.6 Å². The van der Waals surface area contributed by atoms with Crippen LogP contribution in [-0.2, 0) is 9.59 Å². The number of aromatic nitrogens is 3. The lowest BCUT2D eigenvalue weighted by atomic mass is 10.0. The second-order valence-electron chi connectivity index (χ2n) is 6.87. The quantitative estimate of drug-likeness (QED) is 0.673. The van der Waals surface area contributed by atoms with E-state index in [0.29, 0.717) is 11.0 Å². The Labute approximate surface area is 171 Å². The van der Waals surface area contributed by atoms with E-state index in [1.807, 2.05) is 60.7 Å². The van der Waals surface area contributed by atoms with Crippen LogP contribution in [0.1, 0.15) is 30.0 Å². The third-order valence-corrected chi connectivity index (χ3v) is 5.25. The van der Waals surface area contributed by atoms with Crippen molar-refractivity contribution in [2.75, 3.05) is 10.2 Å². The minimum absolute atomic E-state index is 0.103. The number of carbonyl (C=O) groups excluding carboxylic acids is 2. The van der Waals surface area contributed by atoms with Crippen LogP contribution in [0.4, 0.5) is 11.9 Å². The van der Waals surface area contributed by atoms with E-state index in [-0.39, 0.29) is 36.6 Å². The molecule has 144 valence electrons. The molecule has 2 aromatic carbocycles. The van der Waals surface area contributed by atoms with Crippen LogP contribution in [0.5, 0.6) is 0 Å². The molecule has 0 bridgehead atoms. The summed E-state index contributed by atoms with van der Waals surface area (Å²) in [6, 6.07) is 17.1. The van der Waals surface area contributed by atoms with Crippen LogP contribution in [0.3, 0.4) is 0 Å². The number of imide groups is 1. The number of halogens is 1. The van der Waals surface area contributed by atoms with E-state index < -0.39 is 0 Å². The molecule has 0 unspecified atom stereocenters. The number of benzene rings is 2. The Hall–Kier alpha value is -3.45. The first-order chi connectivity index (χ1) is 14.1. The van der Waals surface area contributed by atoms with E-state index in [0.717, 1.165) is 21.7 Å². The first-order valence-electron chi connectivity index (χ1n) is 9.22. The molecule has 2 aliphatic heterocycles. The zero-order valence-corrected chi connectivity index (χ0v) is 16.0. The number of rotatable bonds is 3. The molecule has 1 fully saturated rings. The number of fused-ring (bicyclic) bond motifs is 1. The van der Waals surface area contributed by atoms with E-state index in [9.17, 15) is 9.59 Å². The van der Waals surface area contributed by atoms with Crippen LogP contribution in [0.2, 0.25) is 5.02 Å². The van der Waals surface area contributed by atoms with Gasteiger partial charge in [-0.3, -0.25) is 9.59 Å². The van der Waals surface area contributed by atoms with Gasteiger partial charge in [0.2, 0.25) is 17.8 Å². The van der Waals surface area contributed by atoms with Crippen LogP contribution in [0.25, 0.3) is 5.70 Å². The second kappa shape index (κ2) is 6.86. The highest BCUT2D eigenvalue weighted by atomic mass is 35.5. The van der Waals surface area contributed by atoms with Gasteiger partial charge in [-0.25, -0.2) is 9.58 Å². The molecule has 3 aromatic rings. The number of hydrogen-bond acceptors (Lipinski definition) is 5. The summed E-state index contributed by atoms with van der Waals surface area (Å²) in [6.07, 6.45) is 2.41. The highest BCUT2D eigenvalue weighted by Crippen LogP contribution is 2.34. The lowest BCUT2D eigenvalue weighted by Gasteiger charge is -2.24. The van der Waals surface area contributed by atoms with Gasteiger partial charge in [0.1, 0.15) is 6.04 Å². The van der Waals surface area contributed by atoms with Crippen molar-refractivity contribution in [3.63, 3.8) is 0 Å². The number of hydrogen-bond donors (Lipinski definition) is 1. The first kappa shape index (κ1) is 17.6. The maximum Gasteiger partial charge on any atom is 0.260 e. The number of anilines is 2. The Bertz CT molecular complexity index is 1120. The molecular formula is C21H16ClN5O2. The van der Waals surface area contributed by atoms with Crippen LogP contribution in [0.15, 0.2) is 60.7 Å². The minimum atomic E-state index is -0.278. The van der Waals surface area contributed by atoms with Gasteiger partial charge in [-0.05, 0) is 29.3 Å². The largest absolute Gasteiger partial charge is 0.324 e. The average Bonchev–Trinajstić information content (AvgIpc) is 3.30. The fourth-order valence-corrected chi connectivity index (χ4v) is 3.69. The van der Waals surface area contributed by atoms with Crippen LogP contribution in [0, 0.1) is 0 Å². The van der Waals surface area contributed by atoms with E-state index in [1.165, 1.54) is 0 Å². The normalized spacial score (nSPS) is 18.4. The lowest BCUT2D eigenvalue weighted by Crippen LogP contribution is -2.29. The van der Waals surface area contributed by atoms with E-state index in [2.05, 4.69) is 15.4 Å². The van der Waals surface area contributed by atoms with Gasteiger partial charge < -0.3 is 5.32 Å².